The summed E-state index contributed by atoms with van der Waals surface area (Å²) in [4.78, 5) is 10.7. The number of carbonyl (C=O) groups is 1. The maximum absolute atomic E-state index is 10.7. The molecule has 3 aromatic carbocycles. The summed E-state index contributed by atoms with van der Waals surface area (Å²) < 4.78 is 0. The van der Waals surface area contributed by atoms with Gasteiger partial charge in [0.15, 0.2) is 0 Å². The van der Waals surface area contributed by atoms with Gasteiger partial charge in [0, 0.05) is 6.42 Å². The van der Waals surface area contributed by atoms with Crippen molar-refractivity contribution in [1.82, 2.24) is 0 Å². The first-order chi connectivity index (χ1) is 13.7. The lowest BCUT2D eigenvalue weighted by molar-refractivity contribution is -0.137. The van der Waals surface area contributed by atoms with Crippen LogP contribution in [-0.2, 0) is 4.79 Å². The van der Waals surface area contributed by atoms with Crippen molar-refractivity contribution in [3.8, 4) is 0 Å². The minimum atomic E-state index is -1.82. The average molecular weight is 389 g/mol. The van der Waals surface area contributed by atoms with E-state index in [0.717, 1.165) is 12.6 Å². The highest BCUT2D eigenvalue weighted by Gasteiger charge is 2.43. The number of hydrogen-bond acceptors (Lipinski definition) is 1. The van der Waals surface area contributed by atoms with Gasteiger partial charge in [-0.1, -0.05) is 66.7 Å². The predicted molar refractivity (Wildman–Crippen MR) is 121 cm³/mol. The van der Waals surface area contributed by atoms with Gasteiger partial charge in [0.2, 0.25) is 0 Å². The van der Waals surface area contributed by atoms with Gasteiger partial charge in [-0.25, -0.2) is 0 Å². The molecule has 0 heterocycles. The van der Waals surface area contributed by atoms with Gasteiger partial charge >= 0.3 is 5.97 Å². The zero-order chi connectivity index (χ0) is 19.7. The van der Waals surface area contributed by atoms with Gasteiger partial charge < -0.3 is 5.11 Å². The molecule has 0 amide bonds. The van der Waals surface area contributed by atoms with Crippen LogP contribution in [0.4, 0.5) is 0 Å². The van der Waals surface area contributed by atoms with Crippen LogP contribution in [0.5, 0.6) is 0 Å². The monoisotopic (exact) mass is 389 g/mol. The SMILES string of the molecule is O=C(O)CCC/C=C/C[P+](c1ccccc1)(c1ccccc1)c1ccccc1. The second kappa shape index (κ2) is 10.0. The summed E-state index contributed by atoms with van der Waals surface area (Å²) in [6.45, 7) is 0. The molecule has 2 nitrogen and oxygen atoms in total. The van der Waals surface area contributed by atoms with E-state index in [0.29, 0.717) is 6.42 Å². The Hall–Kier alpha value is -2.70. The standard InChI is InChI=1S/C25H25O2P/c26-25(27)20-12-1-2-13-21-28(22-14-6-3-7-15-22,23-16-8-4-9-17-23)24-18-10-5-11-19-24/h2-11,13-19H,1,12,20-21H2/p+1/b13-2+. The minimum absolute atomic E-state index is 0.223. The van der Waals surface area contributed by atoms with Crippen LogP contribution in [0.25, 0.3) is 0 Å². The normalized spacial score (nSPS) is 11.6. The molecule has 3 rings (SSSR count). The van der Waals surface area contributed by atoms with Gasteiger partial charge in [0.25, 0.3) is 0 Å². The Bertz CT molecular complexity index is 793. The Morgan fingerprint density at radius 1 is 0.714 bits per heavy atom. The molecule has 0 saturated carbocycles. The van der Waals surface area contributed by atoms with Crippen molar-refractivity contribution in [1.29, 1.82) is 0 Å². The molecule has 0 fully saturated rings. The minimum Gasteiger partial charge on any atom is -0.481 e. The first-order valence-electron chi connectivity index (χ1n) is 9.65. The summed E-state index contributed by atoms with van der Waals surface area (Å²) in [5.74, 6) is -0.729. The molecule has 0 bridgehead atoms. The molecule has 3 heteroatoms. The van der Waals surface area contributed by atoms with E-state index in [-0.39, 0.29) is 6.42 Å². The molecule has 0 atom stereocenters. The zero-order valence-electron chi connectivity index (χ0n) is 15.9. The molecule has 1 N–H and O–H groups in total. The van der Waals surface area contributed by atoms with E-state index >= 15 is 0 Å². The van der Waals surface area contributed by atoms with Crippen LogP contribution in [0.3, 0.4) is 0 Å². The first-order valence-corrected chi connectivity index (χ1v) is 11.6. The number of unbranched alkanes of at least 4 members (excludes halogenated alkanes) is 1. The molecule has 28 heavy (non-hydrogen) atoms. The van der Waals surface area contributed by atoms with Crippen molar-refractivity contribution < 1.29 is 9.90 Å². The summed E-state index contributed by atoms with van der Waals surface area (Å²) in [6.07, 6.45) is 7.03. The Morgan fingerprint density at radius 2 is 1.14 bits per heavy atom. The van der Waals surface area contributed by atoms with E-state index in [1.165, 1.54) is 15.9 Å². The summed E-state index contributed by atoms with van der Waals surface area (Å²) in [6, 6.07) is 32.4. The quantitative estimate of drug-likeness (QED) is 0.325. The van der Waals surface area contributed by atoms with E-state index in [9.17, 15) is 4.79 Å². The van der Waals surface area contributed by atoms with Crippen molar-refractivity contribution in [3.05, 3.63) is 103 Å². The second-order valence-corrected chi connectivity index (χ2v) is 10.3. The maximum Gasteiger partial charge on any atom is 0.303 e. The Labute approximate surface area is 167 Å². The molecular formula is C25H26O2P+. The van der Waals surface area contributed by atoms with Crippen LogP contribution < -0.4 is 15.9 Å². The van der Waals surface area contributed by atoms with Crippen molar-refractivity contribution >= 4 is 29.1 Å². The fourth-order valence-electron chi connectivity index (χ4n) is 3.53. The van der Waals surface area contributed by atoms with E-state index in [1.54, 1.807) is 0 Å². The molecule has 3 aromatic rings. The fourth-order valence-corrected chi connectivity index (χ4v) is 7.57. The third-order valence-corrected chi connectivity index (χ3v) is 9.20. The number of allylic oxidation sites excluding steroid dienone is 2. The number of benzene rings is 3. The predicted octanol–water partition coefficient (Wildman–Crippen LogP) is 4.79. The largest absolute Gasteiger partial charge is 0.481 e. The fraction of sp³-hybridized carbons (Fsp3) is 0.160. The molecule has 0 unspecified atom stereocenters. The Kier molecular flexibility index (Phi) is 7.17. The van der Waals surface area contributed by atoms with Crippen LogP contribution in [0, 0.1) is 0 Å². The highest BCUT2D eigenvalue weighted by atomic mass is 31.2. The van der Waals surface area contributed by atoms with Gasteiger partial charge in [-0.15, -0.1) is 0 Å². The number of rotatable bonds is 9. The highest BCUT2D eigenvalue weighted by molar-refractivity contribution is 7.95. The lowest BCUT2D eigenvalue weighted by Crippen LogP contribution is -2.32. The van der Waals surface area contributed by atoms with E-state index < -0.39 is 13.2 Å². The summed E-state index contributed by atoms with van der Waals surface area (Å²) in [7, 11) is -1.82. The first kappa shape index (κ1) is 20.0. The van der Waals surface area contributed by atoms with Crippen molar-refractivity contribution in [3.63, 3.8) is 0 Å². The molecule has 0 saturated heterocycles. The van der Waals surface area contributed by atoms with Crippen LogP contribution in [-0.4, -0.2) is 17.2 Å². The van der Waals surface area contributed by atoms with Gasteiger partial charge in [0.05, 0.1) is 6.16 Å². The van der Waals surface area contributed by atoms with Gasteiger partial charge in [0.1, 0.15) is 23.2 Å². The van der Waals surface area contributed by atoms with E-state index in [2.05, 4.69) is 103 Å². The topological polar surface area (TPSA) is 37.3 Å². The number of carboxylic acids is 1. The van der Waals surface area contributed by atoms with Crippen LogP contribution in [0.15, 0.2) is 103 Å². The summed E-state index contributed by atoms with van der Waals surface area (Å²) >= 11 is 0. The van der Waals surface area contributed by atoms with Gasteiger partial charge in [-0.2, -0.15) is 0 Å². The summed E-state index contributed by atoms with van der Waals surface area (Å²) in [5.41, 5.74) is 0. The third-order valence-electron chi connectivity index (χ3n) is 4.90. The number of carboxylic acid groups (broad SMARTS) is 1. The van der Waals surface area contributed by atoms with Gasteiger partial charge in [-0.3, -0.25) is 4.79 Å². The van der Waals surface area contributed by atoms with Crippen LogP contribution in [0.1, 0.15) is 19.3 Å². The van der Waals surface area contributed by atoms with E-state index in [4.69, 9.17) is 5.11 Å². The van der Waals surface area contributed by atoms with E-state index in [1.807, 2.05) is 0 Å². The van der Waals surface area contributed by atoms with Gasteiger partial charge in [-0.05, 0) is 49.2 Å². The van der Waals surface area contributed by atoms with Crippen LogP contribution in [0.2, 0.25) is 0 Å². The molecule has 0 aliphatic rings. The Balaban J connectivity index is 2.02. The smallest absolute Gasteiger partial charge is 0.303 e. The van der Waals surface area contributed by atoms with Crippen molar-refractivity contribution in [2.24, 2.45) is 0 Å². The second-order valence-electron chi connectivity index (χ2n) is 6.76. The maximum atomic E-state index is 10.7. The molecule has 0 aromatic heterocycles. The third kappa shape index (κ3) is 4.77. The zero-order valence-corrected chi connectivity index (χ0v) is 16.8. The molecule has 0 spiro atoms. The number of aliphatic carboxylic acids is 1. The molecule has 0 aliphatic heterocycles. The molecule has 0 aliphatic carbocycles. The average Bonchev–Trinajstić information content (AvgIpc) is 2.75. The molecule has 142 valence electrons. The lowest BCUT2D eigenvalue weighted by Gasteiger charge is -2.26. The molecule has 0 radical (unpaired) electrons. The summed E-state index contributed by atoms with van der Waals surface area (Å²) in [5, 5.41) is 12.9. The lowest BCUT2D eigenvalue weighted by atomic mass is 10.2. The number of hydrogen-bond donors (Lipinski definition) is 1. The highest BCUT2D eigenvalue weighted by Crippen LogP contribution is 2.55. The molecular weight excluding hydrogens is 363 g/mol. The van der Waals surface area contributed by atoms with Crippen LogP contribution >= 0.6 is 7.26 Å². The van der Waals surface area contributed by atoms with Crippen molar-refractivity contribution in [2.75, 3.05) is 6.16 Å². The van der Waals surface area contributed by atoms with Crippen molar-refractivity contribution in [2.45, 2.75) is 19.3 Å². The Morgan fingerprint density at radius 3 is 1.54 bits per heavy atom.